The summed E-state index contributed by atoms with van der Waals surface area (Å²) < 4.78 is 10.3. The van der Waals surface area contributed by atoms with Crippen molar-refractivity contribution in [1.29, 1.82) is 0 Å². The van der Waals surface area contributed by atoms with Crippen molar-refractivity contribution in [3.05, 3.63) is 24.3 Å². The van der Waals surface area contributed by atoms with Crippen LogP contribution in [-0.4, -0.2) is 49.4 Å². The second-order valence-electron chi connectivity index (χ2n) is 4.28. The Morgan fingerprint density at radius 3 is 3.05 bits per heavy atom. The third-order valence-electron chi connectivity index (χ3n) is 2.70. The van der Waals surface area contributed by atoms with Crippen molar-refractivity contribution in [2.75, 3.05) is 31.7 Å². The normalized spacial score (nSPS) is 18.3. The van der Waals surface area contributed by atoms with Gasteiger partial charge >= 0.3 is 5.97 Å². The van der Waals surface area contributed by atoms with Gasteiger partial charge in [-0.1, -0.05) is 6.07 Å². The van der Waals surface area contributed by atoms with Crippen LogP contribution < -0.4 is 15.4 Å². The maximum absolute atomic E-state index is 12.0. The lowest BCUT2D eigenvalue weighted by Crippen LogP contribution is -2.48. The first-order valence-corrected chi connectivity index (χ1v) is 6.22. The number of hydrogen-bond donors (Lipinski definition) is 3. The van der Waals surface area contributed by atoms with E-state index in [2.05, 4.69) is 10.6 Å². The molecule has 0 aliphatic carbocycles. The Morgan fingerprint density at radius 2 is 2.35 bits per heavy atom. The fourth-order valence-corrected chi connectivity index (χ4v) is 1.77. The fraction of sp³-hybridized carbons (Fsp3) is 0.385. The van der Waals surface area contributed by atoms with Gasteiger partial charge in [-0.2, -0.15) is 0 Å². The van der Waals surface area contributed by atoms with Gasteiger partial charge in [0.15, 0.2) is 6.61 Å². The molecule has 1 aromatic carbocycles. The van der Waals surface area contributed by atoms with Gasteiger partial charge in [-0.05, 0) is 12.1 Å². The summed E-state index contributed by atoms with van der Waals surface area (Å²) in [4.78, 5) is 22.4. The molecule has 1 aliphatic heterocycles. The van der Waals surface area contributed by atoms with Crippen LogP contribution in [0, 0.1) is 0 Å². The zero-order valence-corrected chi connectivity index (χ0v) is 10.8. The number of carboxylic acids is 1. The lowest BCUT2D eigenvalue weighted by molar-refractivity contribution is -0.139. The van der Waals surface area contributed by atoms with Crippen LogP contribution in [0.2, 0.25) is 0 Å². The number of benzene rings is 1. The SMILES string of the molecule is O=C(O)COc1cccc(NC(=O)C2COCCN2)c1. The molecule has 0 saturated carbocycles. The first kappa shape index (κ1) is 14.3. The van der Waals surface area contributed by atoms with Crippen LogP contribution in [-0.2, 0) is 14.3 Å². The van der Waals surface area contributed by atoms with Crippen molar-refractivity contribution < 1.29 is 24.2 Å². The molecular formula is C13H16N2O5. The highest BCUT2D eigenvalue weighted by Crippen LogP contribution is 2.17. The fourth-order valence-electron chi connectivity index (χ4n) is 1.77. The molecule has 108 valence electrons. The van der Waals surface area contributed by atoms with E-state index in [4.69, 9.17) is 14.6 Å². The summed E-state index contributed by atoms with van der Waals surface area (Å²) in [5.41, 5.74) is 0.547. The number of anilines is 1. The van der Waals surface area contributed by atoms with Crippen molar-refractivity contribution in [3.8, 4) is 5.75 Å². The van der Waals surface area contributed by atoms with Crippen LogP contribution in [0.4, 0.5) is 5.69 Å². The van der Waals surface area contributed by atoms with Gasteiger partial charge < -0.3 is 25.2 Å². The van der Waals surface area contributed by atoms with E-state index in [1.807, 2.05) is 0 Å². The summed E-state index contributed by atoms with van der Waals surface area (Å²) in [6.45, 7) is 1.15. The quantitative estimate of drug-likeness (QED) is 0.706. The van der Waals surface area contributed by atoms with Crippen molar-refractivity contribution in [2.45, 2.75) is 6.04 Å². The minimum atomic E-state index is -1.05. The summed E-state index contributed by atoms with van der Waals surface area (Å²) in [6.07, 6.45) is 0. The van der Waals surface area contributed by atoms with Crippen molar-refractivity contribution in [2.24, 2.45) is 0 Å². The minimum absolute atomic E-state index is 0.194. The van der Waals surface area contributed by atoms with Gasteiger partial charge in [-0.25, -0.2) is 4.79 Å². The number of hydrogen-bond acceptors (Lipinski definition) is 5. The molecule has 0 spiro atoms. The molecule has 7 heteroatoms. The second kappa shape index (κ2) is 6.88. The van der Waals surface area contributed by atoms with Crippen LogP contribution in [0.5, 0.6) is 5.75 Å². The van der Waals surface area contributed by atoms with Gasteiger partial charge in [-0.3, -0.25) is 4.79 Å². The Morgan fingerprint density at radius 1 is 1.50 bits per heavy atom. The molecule has 20 heavy (non-hydrogen) atoms. The Hall–Kier alpha value is -2.12. The first-order chi connectivity index (χ1) is 9.65. The predicted molar refractivity (Wildman–Crippen MR) is 70.8 cm³/mol. The molecule has 0 radical (unpaired) electrons. The number of amides is 1. The zero-order chi connectivity index (χ0) is 14.4. The van der Waals surface area contributed by atoms with E-state index in [1.54, 1.807) is 24.3 Å². The van der Waals surface area contributed by atoms with Crippen molar-refractivity contribution in [3.63, 3.8) is 0 Å². The standard InChI is InChI=1S/C13H16N2O5/c16-12(17)8-20-10-3-1-2-9(6-10)15-13(18)11-7-19-5-4-14-11/h1-3,6,11,14H,4-5,7-8H2,(H,15,18)(H,16,17). The molecule has 1 aliphatic rings. The predicted octanol–water partition coefficient (Wildman–Crippen LogP) is 0.0769. The van der Waals surface area contributed by atoms with Gasteiger partial charge in [0, 0.05) is 18.3 Å². The Bertz CT molecular complexity index is 485. The number of ether oxygens (including phenoxy) is 2. The summed E-state index contributed by atoms with van der Waals surface area (Å²) in [6, 6.07) is 6.20. The average Bonchev–Trinajstić information content (AvgIpc) is 2.46. The third kappa shape index (κ3) is 4.22. The number of carboxylic acid groups (broad SMARTS) is 1. The number of aliphatic carboxylic acids is 1. The van der Waals surface area contributed by atoms with Crippen LogP contribution in [0.15, 0.2) is 24.3 Å². The van der Waals surface area contributed by atoms with Crippen LogP contribution in [0.1, 0.15) is 0 Å². The van der Waals surface area contributed by atoms with Crippen molar-refractivity contribution >= 4 is 17.6 Å². The molecule has 1 heterocycles. The maximum Gasteiger partial charge on any atom is 0.341 e. The first-order valence-electron chi connectivity index (χ1n) is 6.22. The number of morpholine rings is 1. The summed E-state index contributed by atoms with van der Waals surface area (Å²) in [5.74, 6) is -0.860. The van der Waals surface area contributed by atoms with Gasteiger partial charge in [0.1, 0.15) is 11.8 Å². The van der Waals surface area contributed by atoms with Gasteiger partial charge in [0.2, 0.25) is 5.91 Å². The second-order valence-corrected chi connectivity index (χ2v) is 4.28. The van der Waals surface area contributed by atoms with Gasteiger partial charge in [-0.15, -0.1) is 0 Å². The molecular weight excluding hydrogens is 264 g/mol. The lowest BCUT2D eigenvalue weighted by atomic mass is 10.2. The van der Waals surface area contributed by atoms with Crippen molar-refractivity contribution in [1.82, 2.24) is 5.32 Å². The molecule has 1 unspecified atom stereocenters. The number of carbonyl (C=O) groups excluding carboxylic acids is 1. The highest BCUT2D eigenvalue weighted by molar-refractivity contribution is 5.95. The molecule has 7 nitrogen and oxygen atoms in total. The van der Waals surface area contributed by atoms with E-state index in [9.17, 15) is 9.59 Å². The minimum Gasteiger partial charge on any atom is -0.482 e. The van der Waals surface area contributed by atoms with Crippen LogP contribution in [0.3, 0.4) is 0 Å². The van der Waals surface area contributed by atoms with E-state index in [0.717, 1.165) is 0 Å². The Balaban J connectivity index is 1.93. The largest absolute Gasteiger partial charge is 0.482 e. The number of carbonyl (C=O) groups is 2. The van der Waals surface area contributed by atoms with E-state index in [0.29, 0.717) is 31.2 Å². The Labute approximate surface area is 115 Å². The zero-order valence-electron chi connectivity index (χ0n) is 10.8. The van der Waals surface area contributed by atoms with E-state index < -0.39 is 12.6 Å². The average molecular weight is 280 g/mol. The molecule has 1 atom stereocenters. The maximum atomic E-state index is 12.0. The monoisotopic (exact) mass is 280 g/mol. The highest BCUT2D eigenvalue weighted by atomic mass is 16.5. The van der Waals surface area contributed by atoms with Gasteiger partial charge in [0.25, 0.3) is 0 Å². The molecule has 1 fully saturated rings. The number of rotatable bonds is 5. The highest BCUT2D eigenvalue weighted by Gasteiger charge is 2.21. The summed E-state index contributed by atoms with van der Waals surface area (Å²) in [5, 5.41) is 14.3. The number of nitrogens with one attached hydrogen (secondary N) is 2. The van der Waals surface area contributed by atoms with Crippen LogP contribution >= 0.6 is 0 Å². The van der Waals surface area contributed by atoms with Gasteiger partial charge in [0.05, 0.1) is 13.2 Å². The van der Waals surface area contributed by atoms with E-state index in [1.165, 1.54) is 0 Å². The third-order valence-corrected chi connectivity index (χ3v) is 2.70. The molecule has 3 N–H and O–H groups in total. The molecule has 2 rings (SSSR count). The lowest BCUT2D eigenvalue weighted by Gasteiger charge is -2.22. The molecule has 0 aromatic heterocycles. The van der Waals surface area contributed by atoms with Crippen LogP contribution in [0.25, 0.3) is 0 Å². The van der Waals surface area contributed by atoms with E-state index in [-0.39, 0.29) is 11.9 Å². The molecule has 1 saturated heterocycles. The Kier molecular flexibility index (Phi) is 4.91. The summed E-state index contributed by atoms with van der Waals surface area (Å²) >= 11 is 0. The molecule has 1 amide bonds. The smallest absolute Gasteiger partial charge is 0.341 e. The topological polar surface area (TPSA) is 96.9 Å². The van der Waals surface area contributed by atoms with E-state index >= 15 is 0 Å². The molecule has 1 aromatic rings. The summed E-state index contributed by atoms with van der Waals surface area (Å²) in [7, 11) is 0. The molecule has 0 bridgehead atoms.